The third kappa shape index (κ3) is 3.95. The first-order valence-corrected chi connectivity index (χ1v) is 12.9. The maximum absolute atomic E-state index is 14.1. The molecule has 2 aromatic rings. The molecule has 2 bridgehead atoms. The largest absolute Gasteiger partial charge is 0.376 e. The van der Waals surface area contributed by atoms with Crippen LogP contribution in [0.1, 0.15) is 25.3 Å². The molecule has 3 fully saturated rings. The number of fused-ring (bicyclic) bond motifs is 1. The van der Waals surface area contributed by atoms with Crippen molar-refractivity contribution in [2.24, 2.45) is 11.8 Å². The number of hydrogen-bond acceptors (Lipinski definition) is 5. The van der Waals surface area contributed by atoms with Crippen molar-refractivity contribution >= 4 is 23.4 Å². The fourth-order valence-electron chi connectivity index (χ4n) is 6.46. The molecule has 4 heterocycles. The summed E-state index contributed by atoms with van der Waals surface area (Å²) in [5, 5.41) is 5.97. The molecule has 0 aliphatic carbocycles. The molecule has 192 valence electrons. The van der Waals surface area contributed by atoms with Crippen molar-refractivity contribution in [3.05, 3.63) is 78.4 Å². The van der Waals surface area contributed by atoms with Crippen LogP contribution < -0.4 is 10.6 Å². The molecule has 6 unspecified atom stereocenters. The summed E-state index contributed by atoms with van der Waals surface area (Å²) >= 11 is 0. The fraction of sp³-hybridized carbons (Fsp3) is 0.414. The highest BCUT2D eigenvalue weighted by molar-refractivity contribution is 6.03. The van der Waals surface area contributed by atoms with Gasteiger partial charge >= 0.3 is 0 Å². The van der Waals surface area contributed by atoms with Gasteiger partial charge in [0.1, 0.15) is 11.6 Å². The monoisotopic (exact) mass is 501 g/mol. The number of hydrogen-bond donors (Lipinski definition) is 2. The summed E-state index contributed by atoms with van der Waals surface area (Å²) in [7, 11) is 0. The third-order valence-electron chi connectivity index (χ3n) is 8.10. The molecule has 2 N–H and O–H groups in total. The van der Waals surface area contributed by atoms with E-state index in [1.54, 1.807) is 17.0 Å². The zero-order valence-corrected chi connectivity index (χ0v) is 20.8. The third-order valence-corrected chi connectivity index (χ3v) is 8.10. The number of nitrogens with one attached hydrogen (secondary N) is 2. The summed E-state index contributed by atoms with van der Waals surface area (Å²) in [5.41, 5.74) is -0.605. The van der Waals surface area contributed by atoms with Crippen LogP contribution in [0.4, 0.5) is 5.69 Å². The second kappa shape index (κ2) is 9.11. The van der Waals surface area contributed by atoms with Crippen LogP contribution in [0.5, 0.6) is 0 Å². The highest BCUT2D eigenvalue weighted by Gasteiger charge is 2.76. The van der Waals surface area contributed by atoms with Gasteiger partial charge in [0.2, 0.25) is 17.7 Å². The average molecular weight is 502 g/mol. The second-order valence-electron chi connectivity index (χ2n) is 10.5. The lowest BCUT2D eigenvalue weighted by molar-refractivity contribution is -0.145. The number of carbonyl (C=O) groups excluding carboxylic acids is 3. The van der Waals surface area contributed by atoms with Crippen LogP contribution in [0.15, 0.2) is 72.8 Å². The Bertz CT molecular complexity index is 1230. The maximum atomic E-state index is 14.1. The summed E-state index contributed by atoms with van der Waals surface area (Å²) in [5.74, 6) is -2.41. The number of ether oxygens (including phenoxy) is 2. The van der Waals surface area contributed by atoms with Crippen LogP contribution in [0.3, 0.4) is 0 Å². The summed E-state index contributed by atoms with van der Waals surface area (Å²) in [6.45, 7) is 3.09. The summed E-state index contributed by atoms with van der Waals surface area (Å²) in [6.07, 6.45) is 5.29. The molecule has 0 radical (unpaired) electrons. The minimum atomic E-state index is -1.22. The molecule has 8 heteroatoms. The molecule has 4 aliphatic rings. The molecule has 8 nitrogen and oxygen atoms in total. The van der Waals surface area contributed by atoms with Crippen LogP contribution in [-0.2, 0) is 30.4 Å². The van der Waals surface area contributed by atoms with Crippen molar-refractivity contribution in [3.63, 3.8) is 0 Å². The van der Waals surface area contributed by atoms with Crippen molar-refractivity contribution in [3.8, 4) is 0 Å². The molecular weight excluding hydrogens is 470 g/mol. The minimum Gasteiger partial charge on any atom is -0.376 e. The van der Waals surface area contributed by atoms with Crippen LogP contribution in [0.25, 0.3) is 0 Å². The topological polar surface area (TPSA) is 97.0 Å². The Balaban J connectivity index is 1.32. The van der Waals surface area contributed by atoms with Gasteiger partial charge in [-0.25, -0.2) is 0 Å². The number of nitrogens with zero attached hydrogens (tertiary/aromatic N) is 1. The van der Waals surface area contributed by atoms with E-state index in [9.17, 15) is 14.4 Å². The molecule has 0 saturated carbocycles. The molecule has 1 spiro atoms. The van der Waals surface area contributed by atoms with Gasteiger partial charge in [-0.1, -0.05) is 60.7 Å². The Morgan fingerprint density at radius 3 is 2.46 bits per heavy atom. The number of benzene rings is 2. The predicted molar refractivity (Wildman–Crippen MR) is 136 cm³/mol. The Hall–Kier alpha value is -3.49. The molecule has 6 atom stereocenters. The molecule has 37 heavy (non-hydrogen) atoms. The van der Waals surface area contributed by atoms with Gasteiger partial charge in [-0.2, -0.15) is 0 Å². The van der Waals surface area contributed by atoms with Gasteiger partial charge < -0.3 is 25.0 Å². The molecule has 3 saturated heterocycles. The molecule has 4 aliphatic heterocycles. The highest BCUT2D eigenvalue weighted by atomic mass is 16.5. The Labute approximate surface area is 216 Å². The van der Waals surface area contributed by atoms with Crippen LogP contribution in [0, 0.1) is 11.8 Å². The maximum Gasteiger partial charge on any atom is 0.246 e. The number of rotatable bonds is 7. The average Bonchev–Trinajstić information content (AvgIpc) is 3.64. The van der Waals surface area contributed by atoms with Crippen molar-refractivity contribution in [2.75, 3.05) is 18.5 Å². The van der Waals surface area contributed by atoms with E-state index in [-0.39, 0.29) is 23.8 Å². The molecular formula is C29H31N3O5. The van der Waals surface area contributed by atoms with E-state index in [0.29, 0.717) is 25.4 Å². The van der Waals surface area contributed by atoms with E-state index >= 15 is 0 Å². The first-order chi connectivity index (χ1) is 17.9. The number of anilines is 1. The van der Waals surface area contributed by atoms with E-state index in [4.69, 9.17) is 9.47 Å². The van der Waals surface area contributed by atoms with Gasteiger partial charge in [0.15, 0.2) is 0 Å². The van der Waals surface area contributed by atoms with Gasteiger partial charge in [-0.3, -0.25) is 14.4 Å². The van der Waals surface area contributed by atoms with E-state index in [1.165, 1.54) is 0 Å². The van der Waals surface area contributed by atoms with Gasteiger partial charge in [0, 0.05) is 25.4 Å². The summed E-state index contributed by atoms with van der Waals surface area (Å²) in [4.78, 5) is 43.0. The first kappa shape index (κ1) is 23.9. The van der Waals surface area contributed by atoms with Gasteiger partial charge in [-0.05, 0) is 37.5 Å². The van der Waals surface area contributed by atoms with E-state index in [2.05, 4.69) is 10.6 Å². The minimum absolute atomic E-state index is 0.142. The zero-order valence-electron chi connectivity index (χ0n) is 20.8. The predicted octanol–water partition coefficient (Wildman–Crippen LogP) is 2.66. The van der Waals surface area contributed by atoms with Crippen molar-refractivity contribution in [2.45, 2.75) is 49.7 Å². The number of amides is 3. The van der Waals surface area contributed by atoms with Crippen molar-refractivity contribution in [1.29, 1.82) is 0 Å². The molecule has 3 amide bonds. The van der Waals surface area contributed by atoms with Crippen LogP contribution in [-0.4, -0.2) is 59.1 Å². The Kier molecular flexibility index (Phi) is 5.88. The van der Waals surface area contributed by atoms with E-state index in [0.717, 1.165) is 18.4 Å². The Morgan fingerprint density at radius 2 is 1.76 bits per heavy atom. The van der Waals surface area contributed by atoms with Crippen molar-refractivity contribution in [1.82, 2.24) is 10.2 Å². The quantitative estimate of drug-likeness (QED) is 0.569. The smallest absolute Gasteiger partial charge is 0.246 e. The number of para-hydroxylation sites is 1. The van der Waals surface area contributed by atoms with Gasteiger partial charge in [-0.15, -0.1) is 0 Å². The fourth-order valence-corrected chi connectivity index (χ4v) is 6.46. The van der Waals surface area contributed by atoms with Crippen LogP contribution >= 0.6 is 0 Å². The molecule has 6 rings (SSSR count). The number of likely N-dealkylation sites (tertiary alicyclic amines) is 1. The summed E-state index contributed by atoms with van der Waals surface area (Å²) < 4.78 is 12.4. The highest BCUT2D eigenvalue weighted by Crippen LogP contribution is 2.59. The SMILES string of the molecule is CC12C=CC3(O1)C(C(=O)N(CC1CCCO1)C3C(=O)NCc1ccccc1)C2C(=O)Nc1ccccc1. The van der Waals surface area contributed by atoms with Crippen molar-refractivity contribution < 1.29 is 23.9 Å². The standard InChI is InChI=1S/C29H31N3O5/c1-28-14-15-29(37-28)23(22(28)25(33)31-20-11-6-3-7-12-20)27(35)32(18-21-13-8-16-36-21)24(29)26(34)30-17-19-9-4-2-5-10-19/h2-7,9-12,14-15,21-24H,8,13,16-18H2,1H3,(H,30,34)(H,31,33). The van der Waals surface area contributed by atoms with E-state index in [1.807, 2.05) is 67.6 Å². The van der Waals surface area contributed by atoms with Gasteiger partial charge in [0.05, 0.1) is 23.5 Å². The molecule has 0 aromatic heterocycles. The lowest BCUT2D eigenvalue weighted by atomic mass is 9.70. The first-order valence-electron chi connectivity index (χ1n) is 12.9. The normalized spacial score (nSPS) is 33.5. The lowest BCUT2D eigenvalue weighted by Gasteiger charge is -2.34. The van der Waals surface area contributed by atoms with Crippen LogP contribution in [0.2, 0.25) is 0 Å². The molecule has 2 aromatic carbocycles. The van der Waals surface area contributed by atoms with E-state index < -0.39 is 29.1 Å². The zero-order chi connectivity index (χ0) is 25.6. The second-order valence-corrected chi connectivity index (χ2v) is 10.5. The summed E-state index contributed by atoms with van der Waals surface area (Å²) in [6, 6.07) is 17.9. The Morgan fingerprint density at radius 1 is 1.03 bits per heavy atom. The van der Waals surface area contributed by atoms with Gasteiger partial charge in [0.25, 0.3) is 0 Å². The lowest BCUT2D eigenvalue weighted by Crippen LogP contribution is -2.55. The number of carbonyl (C=O) groups is 3.